The summed E-state index contributed by atoms with van der Waals surface area (Å²) < 4.78 is 84.5. The average molecular weight is 932 g/mol. The number of nitrogens with zero attached hydrogens (tertiary/aromatic N) is 7. The molecule has 0 aliphatic carbocycles. The second kappa shape index (κ2) is 14.6. The van der Waals surface area contributed by atoms with Crippen LogP contribution in [0.15, 0.2) is 224 Å². The van der Waals surface area contributed by atoms with Gasteiger partial charge in [0.1, 0.15) is 0 Å². The predicted octanol–water partition coefficient (Wildman–Crippen LogP) is 16.3. The van der Waals surface area contributed by atoms with E-state index in [-0.39, 0.29) is 27.6 Å². The van der Waals surface area contributed by atoms with Crippen LogP contribution >= 0.6 is 11.3 Å². The summed E-state index contributed by atoms with van der Waals surface area (Å²) in [5.74, 6) is 0.762. The van der Waals surface area contributed by atoms with E-state index in [2.05, 4.69) is 71.3 Å². The van der Waals surface area contributed by atoms with E-state index < -0.39 is 48.3 Å². The lowest BCUT2D eigenvalue weighted by Crippen LogP contribution is -2.12. The van der Waals surface area contributed by atoms with Gasteiger partial charge in [0.15, 0.2) is 5.82 Å². The van der Waals surface area contributed by atoms with Crippen molar-refractivity contribution >= 4 is 119 Å². The number of thiophene rings is 1. The lowest BCUT2D eigenvalue weighted by atomic mass is 10.1. The first-order valence-electron chi connectivity index (χ1n) is 27.3. The van der Waals surface area contributed by atoms with Gasteiger partial charge in [-0.05, 0) is 66.7 Å². The standard InChI is InChI=1S/C63H37N7S/c1-9-26-47-38(18-1)39-19-2-10-27-48(39)67(47)54-33-17-34-55(68-49-28-11-7-24-44(49)45-36-37-57-58(60(45)68)46-25-8-16-35-56(46)71-57)59(54)61-64-62(69-50-29-12-3-20-40(50)41-21-4-13-30-51(41)69)66-63(65-61)70-52-31-14-5-22-42(52)43-23-6-15-32-53(43)70/h1-37H/i1D,2D,9D,10D,18D,19D,26D,27D. The Bertz CT molecular complexity index is 5080. The van der Waals surface area contributed by atoms with Crippen molar-refractivity contribution in [2.45, 2.75) is 0 Å². The molecule has 0 fully saturated rings. The topological polar surface area (TPSA) is 58.4 Å². The average Bonchev–Trinajstić information content (AvgIpc) is 4.49. The molecule has 0 radical (unpaired) electrons. The van der Waals surface area contributed by atoms with E-state index in [1.807, 2.05) is 118 Å². The van der Waals surface area contributed by atoms with Crippen LogP contribution in [0.1, 0.15) is 11.0 Å². The molecule has 330 valence electrons. The Hall–Kier alpha value is -9.37. The van der Waals surface area contributed by atoms with Gasteiger partial charge in [-0.3, -0.25) is 9.13 Å². The molecule has 0 unspecified atom stereocenters. The van der Waals surface area contributed by atoms with Crippen LogP contribution in [0, 0.1) is 0 Å². The van der Waals surface area contributed by atoms with Crippen molar-refractivity contribution in [2.24, 2.45) is 0 Å². The van der Waals surface area contributed by atoms with Gasteiger partial charge >= 0.3 is 0 Å². The number of fused-ring (bicyclic) bond motifs is 16. The van der Waals surface area contributed by atoms with E-state index in [4.69, 9.17) is 20.4 Å². The molecule has 0 bridgehead atoms. The Morgan fingerprint density at radius 1 is 0.324 bits per heavy atom. The second-order valence-electron chi connectivity index (χ2n) is 17.7. The van der Waals surface area contributed by atoms with Gasteiger partial charge in [0.25, 0.3) is 0 Å². The summed E-state index contributed by atoms with van der Waals surface area (Å²) in [6, 6.07) is 55.4. The zero-order chi connectivity index (χ0) is 53.3. The summed E-state index contributed by atoms with van der Waals surface area (Å²) in [7, 11) is 0. The van der Waals surface area contributed by atoms with Crippen molar-refractivity contribution in [1.82, 2.24) is 33.2 Å². The third-order valence-electron chi connectivity index (χ3n) is 14.1. The van der Waals surface area contributed by atoms with Crippen LogP contribution < -0.4 is 0 Å². The second-order valence-corrected chi connectivity index (χ2v) is 18.8. The fraction of sp³-hybridized carbons (Fsp3) is 0. The molecule has 71 heavy (non-hydrogen) atoms. The molecule has 10 aromatic carbocycles. The number of benzene rings is 10. The molecule has 16 aromatic rings. The molecular formula is C63H37N7S. The Kier molecular flexibility index (Phi) is 6.49. The number of para-hydroxylation sites is 7. The molecule has 0 aliphatic rings. The van der Waals surface area contributed by atoms with Crippen molar-refractivity contribution in [3.05, 3.63) is 224 Å². The number of hydrogen-bond acceptors (Lipinski definition) is 4. The van der Waals surface area contributed by atoms with Crippen molar-refractivity contribution in [3.8, 4) is 34.7 Å². The zero-order valence-electron chi connectivity index (χ0n) is 45.3. The molecule has 0 saturated heterocycles. The first kappa shape index (κ1) is 31.6. The summed E-state index contributed by atoms with van der Waals surface area (Å²) >= 11 is 1.71. The van der Waals surface area contributed by atoms with E-state index in [1.54, 1.807) is 15.9 Å². The van der Waals surface area contributed by atoms with E-state index >= 15 is 0 Å². The minimum atomic E-state index is -0.528. The fourth-order valence-corrected chi connectivity index (χ4v) is 12.4. The minimum absolute atomic E-state index is 0.0286. The van der Waals surface area contributed by atoms with Crippen LogP contribution in [0.5, 0.6) is 0 Å². The van der Waals surface area contributed by atoms with E-state index in [0.717, 1.165) is 85.6 Å². The highest BCUT2D eigenvalue weighted by molar-refractivity contribution is 7.26. The van der Waals surface area contributed by atoms with Crippen molar-refractivity contribution in [2.75, 3.05) is 0 Å². The third kappa shape index (κ3) is 5.34. The lowest BCUT2D eigenvalue weighted by Gasteiger charge is -2.20. The molecule has 0 aliphatic heterocycles. The van der Waals surface area contributed by atoms with Gasteiger partial charge in [0, 0.05) is 63.3 Å². The molecule has 6 aromatic heterocycles. The highest BCUT2D eigenvalue weighted by Gasteiger charge is 2.28. The van der Waals surface area contributed by atoms with Crippen LogP contribution in [0.4, 0.5) is 0 Å². The van der Waals surface area contributed by atoms with Crippen molar-refractivity contribution in [1.29, 1.82) is 0 Å². The molecule has 8 heteroatoms. The van der Waals surface area contributed by atoms with Crippen LogP contribution in [-0.2, 0) is 0 Å². The van der Waals surface area contributed by atoms with E-state index in [0.29, 0.717) is 28.8 Å². The van der Waals surface area contributed by atoms with Crippen LogP contribution in [0.3, 0.4) is 0 Å². The highest BCUT2D eigenvalue weighted by Crippen LogP contribution is 2.46. The maximum absolute atomic E-state index is 9.71. The van der Waals surface area contributed by atoms with E-state index in [1.165, 1.54) is 0 Å². The Morgan fingerprint density at radius 3 is 1.30 bits per heavy atom. The Morgan fingerprint density at radius 2 is 0.761 bits per heavy atom. The molecule has 0 atom stereocenters. The molecule has 0 amide bonds. The third-order valence-corrected chi connectivity index (χ3v) is 15.2. The van der Waals surface area contributed by atoms with Gasteiger partial charge in [-0.1, -0.05) is 158 Å². The van der Waals surface area contributed by atoms with E-state index in [9.17, 15) is 5.48 Å². The fourth-order valence-electron chi connectivity index (χ4n) is 11.2. The predicted molar refractivity (Wildman–Crippen MR) is 296 cm³/mol. The molecule has 0 spiro atoms. The molecule has 7 nitrogen and oxygen atoms in total. The molecule has 0 saturated carbocycles. The Labute approximate surface area is 420 Å². The molecular weight excluding hydrogens is 887 g/mol. The quantitative estimate of drug-likeness (QED) is 0.173. The maximum atomic E-state index is 9.71. The van der Waals surface area contributed by atoms with Gasteiger partial charge in [0.2, 0.25) is 11.9 Å². The summed E-state index contributed by atoms with van der Waals surface area (Å²) in [6.45, 7) is 0. The number of rotatable bonds is 5. The summed E-state index contributed by atoms with van der Waals surface area (Å²) in [6.07, 6.45) is 0. The summed E-state index contributed by atoms with van der Waals surface area (Å²) in [5.41, 5.74) is 6.42. The normalized spacial score (nSPS) is 13.8. The van der Waals surface area contributed by atoms with Gasteiger partial charge in [0.05, 0.1) is 72.0 Å². The van der Waals surface area contributed by atoms with Crippen LogP contribution in [0.25, 0.3) is 142 Å². The zero-order valence-corrected chi connectivity index (χ0v) is 38.1. The summed E-state index contributed by atoms with van der Waals surface area (Å²) in [5, 5.41) is 7.98. The number of hydrogen-bond donors (Lipinski definition) is 0. The SMILES string of the molecule is [2H]c1c([2H])c([2H])c2c(c1[2H])c1c([2H])c([2H])c([2H])c([2H])c1n2-c1cccc(-n2c3ccccc3c3ccc4sc5ccccc5c4c32)c1-c1nc(-n2c3ccccc3c3ccccc32)nc(-n2c3ccccc3c3ccccc32)n1. The first-order chi connectivity index (χ1) is 38.6. The van der Waals surface area contributed by atoms with Crippen molar-refractivity contribution < 1.29 is 11.0 Å². The lowest BCUT2D eigenvalue weighted by molar-refractivity contribution is 0.891. The van der Waals surface area contributed by atoms with Gasteiger partial charge in [-0.2, -0.15) is 15.0 Å². The molecule has 16 rings (SSSR count). The van der Waals surface area contributed by atoms with Gasteiger partial charge in [-0.25, -0.2) is 0 Å². The smallest absolute Gasteiger partial charge is 0.240 e. The highest BCUT2D eigenvalue weighted by atomic mass is 32.1. The monoisotopic (exact) mass is 931 g/mol. The van der Waals surface area contributed by atoms with Gasteiger partial charge in [-0.15, -0.1) is 11.3 Å². The largest absolute Gasteiger partial charge is 0.308 e. The summed E-state index contributed by atoms with van der Waals surface area (Å²) in [4.78, 5) is 16.7. The Balaban J connectivity index is 1.16. The minimum Gasteiger partial charge on any atom is -0.308 e. The molecule has 0 N–H and O–H groups in total. The van der Waals surface area contributed by atoms with Crippen molar-refractivity contribution in [3.63, 3.8) is 0 Å². The maximum Gasteiger partial charge on any atom is 0.240 e. The van der Waals surface area contributed by atoms with Crippen LogP contribution in [-0.4, -0.2) is 33.2 Å². The number of aromatic nitrogens is 7. The first-order valence-corrected chi connectivity index (χ1v) is 24.1. The van der Waals surface area contributed by atoms with Gasteiger partial charge < -0.3 is 9.13 Å². The van der Waals surface area contributed by atoms with Crippen LogP contribution in [0.2, 0.25) is 0 Å². The molecule has 6 heterocycles.